The molecule has 0 aliphatic carbocycles. The molecule has 0 bridgehead atoms. The second-order valence-electron chi connectivity index (χ2n) is 3.53. The largest absolute Gasteiger partial charge is 0.378 e. The van der Waals surface area contributed by atoms with Crippen LogP contribution in [0.1, 0.15) is 17.5 Å². The number of halogens is 2. The Morgan fingerprint density at radius 3 is 2.56 bits per heavy atom. The van der Waals surface area contributed by atoms with Gasteiger partial charge in [0.15, 0.2) is 0 Å². The normalized spacial score (nSPS) is 14.8. The van der Waals surface area contributed by atoms with Crippen LogP contribution in [-0.4, -0.2) is 10.1 Å². The van der Waals surface area contributed by atoms with Crippen molar-refractivity contribution in [3.05, 3.63) is 49.3 Å². The third kappa shape index (κ3) is 2.22. The fourth-order valence-corrected chi connectivity index (χ4v) is 3.45. The van der Waals surface area contributed by atoms with E-state index in [1.54, 1.807) is 6.92 Å². The van der Waals surface area contributed by atoms with Gasteiger partial charge in [-0.15, -0.1) is 11.3 Å². The molecule has 1 unspecified atom stereocenters. The van der Waals surface area contributed by atoms with E-state index in [9.17, 15) is 5.11 Å². The fraction of sp³-hybridized carbons (Fsp3) is 0.182. The number of thiazole rings is 1. The summed E-state index contributed by atoms with van der Waals surface area (Å²) in [6.07, 6.45) is 0. The molecule has 16 heavy (non-hydrogen) atoms. The lowest BCUT2D eigenvalue weighted by Gasteiger charge is -2.22. The Morgan fingerprint density at radius 2 is 2.00 bits per heavy atom. The summed E-state index contributed by atoms with van der Waals surface area (Å²) in [7, 11) is 0. The Kier molecular flexibility index (Phi) is 3.49. The van der Waals surface area contributed by atoms with E-state index in [4.69, 9.17) is 0 Å². The lowest BCUT2D eigenvalue weighted by atomic mass is 9.97. The van der Waals surface area contributed by atoms with E-state index in [0.29, 0.717) is 5.01 Å². The fourth-order valence-electron chi connectivity index (χ4n) is 1.45. The SMILES string of the molecule is CC(O)(c1nc(Br)cs1)c1ccccc1Br. The van der Waals surface area contributed by atoms with Gasteiger partial charge < -0.3 is 5.11 Å². The summed E-state index contributed by atoms with van der Waals surface area (Å²) < 4.78 is 1.63. The van der Waals surface area contributed by atoms with Crippen molar-refractivity contribution in [2.24, 2.45) is 0 Å². The molecule has 0 aliphatic heterocycles. The first-order valence-corrected chi connectivity index (χ1v) is 7.07. The molecule has 0 spiro atoms. The first kappa shape index (κ1) is 12.2. The Labute approximate surface area is 115 Å². The lowest BCUT2D eigenvalue weighted by Crippen LogP contribution is -2.23. The van der Waals surface area contributed by atoms with E-state index in [0.717, 1.165) is 14.6 Å². The number of aromatic nitrogens is 1. The topological polar surface area (TPSA) is 33.1 Å². The molecule has 0 radical (unpaired) electrons. The summed E-state index contributed by atoms with van der Waals surface area (Å²) in [6.45, 7) is 1.75. The van der Waals surface area contributed by atoms with Gasteiger partial charge in [0, 0.05) is 15.4 Å². The van der Waals surface area contributed by atoms with Crippen molar-refractivity contribution in [2.45, 2.75) is 12.5 Å². The standard InChI is InChI=1S/C11H9Br2NOS/c1-11(15,10-14-9(13)6-16-10)7-4-2-3-5-8(7)12/h2-6,15H,1H3. The summed E-state index contributed by atoms with van der Waals surface area (Å²) in [6, 6.07) is 7.62. The number of hydrogen-bond donors (Lipinski definition) is 1. The van der Waals surface area contributed by atoms with Gasteiger partial charge in [0.2, 0.25) is 0 Å². The highest BCUT2D eigenvalue weighted by molar-refractivity contribution is 9.10. The highest BCUT2D eigenvalue weighted by Gasteiger charge is 2.30. The minimum atomic E-state index is -1.07. The smallest absolute Gasteiger partial charge is 0.139 e. The van der Waals surface area contributed by atoms with Gasteiger partial charge in [-0.3, -0.25) is 0 Å². The molecule has 0 saturated carbocycles. The summed E-state index contributed by atoms with van der Waals surface area (Å²) in [5.74, 6) is 0. The van der Waals surface area contributed by atoms with E-state index in [2.05, 4.69) is 36.8 Å². The van der Waals surface area contributed by atoms with Crippen molar-refractivity contribution in [1.29, 1.82) is 0 Å². The number of hydrogen-bond acceptors (Lipinski definition) is 3. The van der Waals surface area contributed by atoms with Crippen molar-refractivity contribution in [3.8, 4) is 0 Å². The highest BCUT2D eigenvalue weighted by Crippen LogP contribution is 2.36. The van der Waals surface area contributed by atoms with Crippen LogP contribution in [0.2, 0.25) is 0 Å². The average Bonchev–Trinajstić information content (AvgIpc) is 2.66. The van der Waals surface area contributed by atoms with Crippen LogP contribution in [0, 0.1) is 0 Å². The predicted molar refractivity (Wildman–Crippen MR) is 72.6 cm³/mol. The van der Waals surface area contributed by atoms with Crippen molar-refractivity contribution in [3.63, 3.8) is 0 Å². The molecule has 0 aliphatic rings. The van der Waals surface area contributed by atoms with E-state index < -0.39 is 5.60 Å². The van der Waals surface area contributed by atoms with Crippen LogP contribution in [0.4, 0.5) is 0 Å². The summed E-state index contributed by atoms with van der Waals surface area (Å²) >= 11 is 8.16. The molecule has 2 nitrogen and oxygen atoms in total. The van der Waals surface area contributed by atoms with Crippen LogP contribution < -0.4 is 0 Å². The van der Waals surface area contributed by atoms with Gasteiger partial charge >= 0.3 is 0 Å². The summed E-state index contributed by atoms with van der Waals surface area (Å²) in [4.78, 5) is 4.26. The maximum atomic E-state index is 10.5. The van der Waals surface area contributed by atoms with Gasteiger partial charge in [0.05, 0.1) is 0 Å². The van der Waals surface area contributed by atoms with Crippen LogP contribution in [0.3, 0.4) is 0 Å². The molecule has 5 heteroatoms. The third-order valence-corrected chi connectivity index (χ3v) is 4.74. The number of benzene rings is 1. The molecule has 1 aromatic heterocycles. The van der Waals surface area contributed by atoms with Crippen LogP contribution in [0.25, 0.3) is 0 Å². The van der Waals surface area contributed by atoms with Gasteiger partial charge in [0.1, 0.15) is 15.2 Å². The average molecular weight is 363 g/mol. The van der Waals surface area contributed by atoms with Gasteiger partial charge in [-0.25, -0.2) is 4.98 Å². The molecule has 2 rings (SSSR count). The van der Waals surface area contributed by atoms with E-state index in [1.165, 1.54) is 11.3 Å². The lowest BCUT2D eigenvalue weighted by molar-refractivity contribution is 0.101. The maximum Gasteiger partial charge on any atom is 0.139 e. The second kappa shape index (κ2) is 4.56. The molecular weight excluding hydrogens is 354 g/mol. The van der Waals surface area contributed by atoms with E-state index >= 15 is 0 Å². The first-order valence-electron chi connectivity index (χ1n) is 4.60. The van der Waals surface area contributed by atoms with Gasteiger partial charge in [-0.05, 0) is 28.9 Å². The van der Waals surface area contributed by atoms with Crippen LogP contribution in [0.15, 0.2) is 38.7 Å². The predicted octanol–water partition coefficient (Wildman–Crippen LogP) is 3.92. The van der Waals surface area contributed by atoms with Crippen molar-refractivity contribution in [2.75, 3.05) is 0 Å². The minimum Gasteiger partial charge on any atom is -0.378 e. The number of nitrogens with zero attached hydrogens (tertiary/aromatic N) is 1. The third-order valence-electron chi connectivity index (χ3n) is 2.29. The maximum absolute atomic E-state index is 10.5. The summed E-state index contributed by atoms with van der Waals surface area (Å²) in [5, 5.41) is 13.1. The molecule has 84 valence electrons. The molecule has 1 atom stereocenters. The van der Waals surface area contributed by atoms with E-state index in [-0.39, 0.29) is 0 Å². The highest BCUT2D eigenvalue weighted by atomic mass is 79.9. The quantitative estimate of drug-likeness (QED) is 0.878. The second-order valence-corrected chi connectivity index (χ2v) is 6.05. The Hall–Kier alpha value is -0.230. The van der Waals surface area contributed by atoms with E-state index in [1.807, 2.05) is 29.6 Å². The summed E-state index contributed by atoms with van der Waals surface area (Å²) in [5.41, 5.74) is -0.256. The van der Waals surface area contributed by atoms with Crippen LogP contribution >= 0.6 is 43.2 Å². The minimum absolute atomic E-state index is 0.672. The van der Waals surface area contributed by atoms with Crippen molar-refractivity contribution < 1.29 is 5.11 Å². The zero-order valence-corrected chi connectivity index (χ0v) is 12.4. The molecule has 0 fully saturated rings. The Bertz CT molecular complexity index is 510. The number of rotatable bonds is 2. The number of aliphatic hydroxyl groups is 1. The molecule has 0 amide bonds. The molecular formula is C11H9Br2NOS. The van der Waals surface area contributed by atoms with Crippen LogP contribution in [-0.2, 0) is 5.60 Å². The van der Waals surface area contributed by atoms with Gasteiger partial charge in [-0.1, -0.05) is 34.1 Å². The molecule has 1 aromatic carbocycles. The van der Waals surface area contributed by atoms with Crippen molar-refractivity contribution in [1.82, 2.24) is 4.98 Å². The molecule has 1 N–H and O–H groups in total. The van der Waals surface area contributed by atoms with Crippen LogP contribution in [0.5, 0.6) is 0 Å². The molecule has 0 saturated heterocycles. The zero-order valence-electron chi connectivity index (χ0n) is 8.45. The van der Waals surface area contributed by atoms with Crippen molar-refractivity contribution >= 4 is 43.2 Å². The first-order chi connectivity index (χ1) is 7.51. The molecule has 1 heterocycles. The monoisotopic (exact) mass is 361 g/mol. The zero-order chi connectivity index (χ0) is 11.8. The Morgan fingerprint density at radius 1 is 1.31 bits per heavy atom. The Balaban J connectivity index is 2.50. The van der Waals surface area contributed by atoms with Gasteiger partial charge in [-0.2, -0.15) is 0 Å². The molecule has 2 aromatic rings. The van der Waals surface area contributed by atoms with Gasteiger partial charge in [0.25, 0.3) is 0 Å².